The van der Waals surface area contributed by atoms with Crippen molar-refractivity contribution >= 4 is 17.8 Å². The Kier molecular flexibility index (Phi) is 6.75. The lowest BCUT2D eigenvalue weighted by molar-refractivity contribution is -0.286. The van der Waals surface area contributed by atoms with Crippen molar-refractivity contribution in [3.05, 3.63) is 23.9 Å². The molecule has 2 heterocycles. The third kappa shape index (κ3) is 5.47. The number of rotatable bonds is 6. The molecule has 0 spiro atoms. The first-order valence-electron chi connectivity index (χ1n) is 9.97. The lowest BCUT2D eigenvalue weighted by Crippen LogP contribution is -2.45. The van der Waals surface area contributed by atoms with E-state index in [1.165, 1.54) is 18.3 Å². The minimum atomic E-state index is -5.61. The third-order valence-electron chi connectivity index (χ3n) is 5.64. The van der Waals surface area contributed by atoms with E-state index in [0.717, 1.165) is 0 Å². The smallest absolute Gasteiger partial charge is 0.400 e. The number of hydrogen-bond donors (Lipinski definition) is 2. The second-order valence-corrected chi connectivity index (χ2v) is 7.85. The number of primary amides is 1. The fraction of sp³-hybridized carbons (Fsp3) is 0.579. The molecule has 1 saturated heterocycles. The standard InChI is InChI=1S/C19H20F6N4O4/c20-18(21,22)13(19(23,24)25)8-12-16(31)29(17(32)28-12)9-3-5-10(6-4-9)33-15-11(14(26)30)2-1-7-27-15/h1-2,7,9-10,12-13H,3-6,8H2,(H2,26,30)(H,28,32). The number of nitrogens with one attached hydrogen (secondary N) is 1. The van der Waals surface area contributed by atoms with E-state index in [4.69, 9.17) is 10.5 Å². The Morgan fingerprint density at radius 1 is 1.15 bits per heavy atom. The Labute approximate surface area is 183 Å². The lowest BCUT2D eigenvalue weighted by atomic mass is 9.91. The van der Waals surface area contributed by atoms with Crippen molar-refractivity contribution in [3.8, 4) is 5.88 Å². The number of halogens is 6. The summed E-state index contributed by atoms with van der Waals surface area (Å²) in [5.41, 5.74) is 5.34. The van der Waals surface area contributed by atoms with Crippen LogP contribution < -0.4 is 15.8 Å². The third-order valence-corrected chi connectivity index (χ3v) is 5.64. The molecule has 33 heavy (non-hydrogen) atoms. The molecule has 2 aliphatic rings. The zero-order valence-electron chi connectivity index (χ0n) is 16.9. The van der Waals surface area contributed by atoms with Gasteiger partial charge in [0, 0.05) is 12.2 Å². The van der Waals surface area contributed by atoms with Crippen LogP contribution in [0.4, 0.5) is 31.1 Å². The van der Waals surface area contributed by atoms with Gasteiger partial charge in [-0.2, -0.15) is 26.3 Å². The Morgan fingerprint density at radius 3 is 2.30 bits per heavy atom. The summed E-state index contributed by atoms with van der Waals surface area (Å²) in [5, 5.41) is 1.94. The van der Waals surface area contributed by atoms with E-state index in [2.05, 4.69) is 4.98 Å². The van der Waals surface area contributed by atoms with Gasteiger partial charge >= 0.3 is 18.4 Å². The molecule has 3 rings (SSSR count). The average Bonchev–Trinajstić information content (AvgIpc) is 2.98. The van der Waals surface area contributed by atoms with Gasteiger partial charge in [-0.05, 0) is 44.2 Å². The minimum absolute atomic E-state index is 0.0221. The number of urea groups is 1. The molecule has 1 atom stereocenters. The summed E-state index contributed by atoms with van der Waals surface area (Å²) in [6, 6.07) is -0.736. The fourth-order valence-corrected chi connectivity index (χ4v) is 3.99. The van der Waals surface area contributed by atoms with Crippen molar-refractivity contribution in [1.29, 1.82) is 0 Å². The van der Waals surface area contributed by atoms with E-state index in [0.29, 0.717) is 17.7 Å². The van der Waals surface area contributed by atoms with Gasteiger partial charge in [-0.15, -0.1) is 0 Å². The molecule has 1 aliphatic heterocycles. The molecule has 1 aromatic rings. The van der Waals surface area contributed by atoms with Crippen LogP contribution in [0.1, 0.15) is 42.5 Å². The summed E-state index contributed by atoms with van der Waals surface area (Å²) in [6.07, 6.45) is -10.9. The van der Waals surface area contributed by atoms with Crippen LogP contribution in [0.2, 0.25) is 0 Å². The van der Waals surface area contributed by atoms with Crippen LogP contribution in [0.3, 0.4) is 0 Å². The first-order chi connectivity index (χ1) is 15.3. The maximum Gasteiger partial charge on any atom is 0.400 e. The molecule has 1 aromatic heterocycles. The molecule has 8 nitrogen and oxygen atoms in total. The van der Waals surface area contributed by atoms with Gasteiger partial charge in [0.15, 0.2) is 5.92 Å². The summed E-state index contributed by atoms with van der Waals surface area (Å²) >= 11 is 0. The minimum Gasteiger partial charge on any atom is -0.474 e. The molecular weight excluding hydrogens is 462 g/mol. The molecule has 0 aromatic carbocycles. The normalized spacial score (nSPS) is 24.2. The zero-order chi connectivity index (χ0) is 24.6. The number of nitrogens with zero attached hydrogens (tertiary/aromatic N) is 2. The van der Waals surface area contributed by atoms with Crippen molar-refractivity contribution < 1.29 is 45.5 Å². The van der Waals surface area contributed by atoms with Gasteiger partial charge in [-0.25, -0.2) is 9.78 Å². The largest absolute Gasteiger partial charge is 0.474 e. The van der Waals surface area contributed by atoms with Gasteiger partial charge in [0.1, 0.15) is 17.7 Å². The van der Waals surface area contributed by atoms with E-state index in [1.807, 2.05) is 5.32 Å². The highest BCUT2D eigenvalue weighted by Crippen LogP contribution is 2.42. The van der Waals surface area contributed by atoms with E-state index >= 15 is 0 Å². The predicted molar refractivity (Wildman–Crippen MR) is 98.8 cm³/mol. The van der Waals surface area contributed by atoms with Crippen molar-refractivity contribution in [2.75, 3.05) is 0 Å². The first kappa shape index (κ1) is 24.6. The Balaban J connectivity index is 1.62. The number of alkyl halides is 6. The molecular formula is C19H20F6N4O4. The highest BCUT2D eigenvalue weighted by Gasteiger charge is 2.59. The van der Waals surface area contributed by atoms with Crippen molar-refractivity contribution in [2.45, 2.75) is 62.6 Å². The average molecular weight is 482 g/mol. The van der Waals surface area contributed by atoms with Gasteiger partial charge in [-0.1, -0.05) is 0 Å². The number of nitrogens with two attached hydrogens (primary N) is 1. The van der Waals surface area contributed by atoms with Crippen molar-refractivity contribution in [2.24, 2.45) is 11.7 Å². The second-order valence-electron chi connectivity index (χ2n) is 7.85. The molecule has 4 amide bonds. The molecule has 1 unspecified atom stereocenters. The van der Waals surface area contributed by atoms with Crippen molar-refractivity contribution in [1.82, 2.24) is 15.2 Å². The molecule has 14 heteroatoms. The Hall–Kier alpha value is -3.06. The van der Waals surface area contributed by atoms with Gasteiger partial charge < -0.3 is 15.8 Å². The van der Waals surface area contributed by atoms with Crippen LogP contribution in [0.5, 0.6) is 5.88 Å². The Bertz CT molecular complexity index is 900. The van der Waals surface area contributed by atoms with Crippen LogP contribution in [0, 0.1) is 5.92 Å². The van der Waals surface area contributed by atoms with Crippen LogP contribution in [0.15, 0.2) is 18.3 Å². The SMILES string of the molecule is NC(=O)c1cccnc1OC1CCC(N2C(=O)NC(CC(C(F)(F)F)C(F)(F)F)C2=O)CC1. The number of carbonyl (C=O) groups excluding carboxylic acids is 3. The molecule has 2 fully saturated rings. The predicted octanol–water partition coefficient (Wildman–Crippen LogP) is 2.92. The molecule has 0 radical (unpaired) electrons. The molecule has 1 saturated carbocycles. The summed E-state index contributed by atoms with van der Waals surface area (Å²) in [7, 11) is 0. The maximum absolute atomic E-state index is 12.8. The van der Waals surface area contributed by atoms with Gasteiger partial charge in [-0.3, -0.25) is 14.5 Å². The summed E-state index contributed by atoms with van der Waals surface area (Å²) in [5.74, 6) is -5.58. The summed E-state index contributed by atoms with van der Waals surface area (Å²) in [4.78, 5) is 40.8. The number of ether oxygens (including phenoxy) is 1. The number of amides is 4. The highest BCUT2D eigenvalue weighted by atomic mass is 19.4. The second kappa shape index (κ2) is 9.06. The zero-order valence-corrected chi connectivity index (χ0v) is 16.9. The van der Waals surface area contributed by atoms with Crippen LogP contribution >= 0.6 is 0 Å². The highest BCUT2D eigenvalue weighted by molar-refractivity contribution is 6.04. The molecule has 3 N–H and O–H groups in total. The van der Waals surface area contributed by atoms with Gasteiger partial charge in [0.25, 0.3) is 11.8 Å². The van der Waals surface area contributed by atoms with E-state index in [1.54, 1.807) is 0 Å². The van der Waals surface area contributed by atoms with Gasteiger partial charge in [0.05, 0.1) is 0 Å². The summed E-state index contributed by atoms with van der Waals surface area (Å²) < 4.78 is 82.7. The number of imide groups is 1. The Morgan fingerprint density at radius 2 is 1.76 bits per heavy atom. The fourth-order valence-electron chi connectivity index (χ4n) is 3.99. The molecule has 182 valence electrons. The van der Waals surface area contributed by atoms with E-state index in [9.17, 15) is 40.7 Å². The van der Waals surface area contributed by atoms with E-state index in [-0.39, 0.29) is 24.3 Å². The van der Waals surface area contributed by atoms with Crippen molar-refractivity contribution in [3.63, 3.8) is 0 Å². The van der Waals surface area contributed by atoms with Crippen LogP contribution in [-0.2, 0) is 4.79 Å². The van der Waals surface area contributed by atoms with Crippen LogP contribution in [-0.4, -0.2) is 58.3 Å². The topological polar surface area (TPSA) is 115 Å². The van der Waals surface area contributed by atoms with Crippen LogP contribution in [0.25, 0.3) is 0 Å². The number of hydrogen-bond acceptors (Lipinski definition) is 5. The number of aromatic nitrogens is 1. The first-order valence-corrected chi connectivity index (χ1v) is 9.97. The molecule has 0 bridgehead atoms. The lowest BCUT2D eigenvalue weighted by Gasteiger charge is -2.33. The monoisotopic (exact) mass is 482 g/mol. The van der Waals surface area contributed by atoms with Gasteiger partial charge in [0.2, 0.25) is 5.88 Å². The maximum atomic E-state index is 12.8. The summed E-state index contributed by atoms with van der Waals surface area (Å²) in [6.45, 7) is 0. The molecule has 1 aliphatic carbocycles. The van der Waals surface area contributed by atoms with E-state index < -0.39 is 60.7 Å². The number of carbonyl (C=O) groups is 3. The quantitative estimate of drug-likeness (QED) is 0.478. The number of pyridine rings is 1.